The number of nitro benzene ring substituents is 1. The molecule has 0 atom stereocenters. The zero-order valence-corrected chi connectivity index (χ0v) is 10.3. The van der Waals surface area contributed by atoms with Crippen LogP contribution in [0.25, 0.3) is 0 Å². The third-order valence-corrected chi connectivity index (χ3v) is 2.11. The van der Waals surface area contributed by atoms with Crippen LogP contribution in [0.3, 0.4) is 0 Å². The summed E-state index contributed by atoms with van der Waals surface area (Å²) in [6.07, 6.45) is 1.88. The largest absolute Gasteiger partial charge is 0.334 e. The molecule has 0 aliphatic rings. The first-order valence-corrected chi connectivity index (χ1v) is 5.41. The maximum atomic E-state index is 11.4. The van der Waals surface area contributed by atoms with Gasteiger partial charge < -0.3 is 10.6 Å². The van der Waals surface area contributed by atoms with Crippen LogP contribution in [0.2, 0.25) is 0 Å². The van der Waals surface area contributed by atoms with E-state index in [1.807, 2.05) is 19.9 Å². The van der Waals surface area contributed by atoms with Crippen molar-refractivity contribution in [3.05, 3.63) is 46.0 Å². The highest BCUT2D eigenvalue weighted by Gasteiger charge is 2.05. The van der Waals surface area contributed by atoms with Gasteiger partial charge in [-0.2, -0.15) is 0 Å². The van der Waals surface area contributed by atoms with E-state index in [9.17, 15) is 14.9 Å². The normalized spacial score (nSPS) is 9.44. The fraction of sp³-hybridized carbons (Fsp3) is 0.250. The third-order valence-electron chi connectivity index (χ3n) is 2.11. The average Bonchev–Trinajstić information content (AvgIpc) is 2.29. The lowest BCUT2D eigenvalue weighted by Crippen LogP contribution is -2.28. The van der Waals surface area contributed by atoms with Crippen LogP contribution in [-0.2, 0) is 0 Å². The van der Waals surface area contributed by atoms with Crippen molar-refractivity contribution < 1.29 is 9.72 Å². The monoisotopic (exact) mass is 249 g/mol. The Morgan fingerprint density at radius 1 is 1.33 bits per heavy atom. The summed E-state index contributed by atoms with van der Waals surface area (Å²) in [6, 6.07) is 5.30. The number of hydrogen-bond acceptors (Lipinski definition) is 3. The van der Waals surface area contributed by atoms with Crippen LogP contribution in [0.15, 0.2) is 35.9 Å². The van der Waals surface area contributed by atoms with Gasteiger partial charge in [-0.05, 0) is 26.0 Å². The lowest BCUT2D eigenvalue weighted by molar-refractivity contribution is -0.384. The molecule has 6 nitrogen and oxygen atoms in total. The Kier molecular flexibility index (Phi) is 4.86. The summed E-state index contributed by atoms with van der Waals surface area (Å²) in [4.78, 5) is 21.4. The number of anilines is 1. The van der Waals surface area contributed by atoms with Gasteiger partial charge in [0.25, 0.3) is 5.69 Å². The van der Waals surface area contributed by atoms with Gasteiger partial charge in [0.1, 0.15) is 0 Å². The van der Waals surface area contributed by atoms with Crippen LogP contribution in [-0.4, -0.2) is 17.5 Å². The van der Waals surface area contributed by atoms with E-state index in [-0.39, 0.29) is 11.7 Å². The molecule has 2 amide bonds. The van der Waals surface area contributed by atoms with Gasteiger partial charge in [-0.25, -0.2) is 4.79 Å². The van der Waals surface area contributed by atoms with E-state index in [0.29, 0.717) is 12.2 Å². The Bertz CT molecular complexity index is 462. The molecule has 0 radical (unpaired) electrons. The van der Waals surface area contributed by atoms with Crippen molar-refractivity contribution in [1.82, 2.24) is 5.32 Å². The van der Waals surface area contributed by atoms with E-state index in [0.717, 1.165) is 5.57 Å². The standard InChI is InChI=1S/C12H15N3O3/c1-9(2)7-8-13-12(16)14-10-3-5-11(6-4-10)15(17)18/h3-7H,8H2,1-2H3,(H2,13,14,16). The number of nitrogens with one attached hydrogen (secondary N) is 2. The summed E-state index contributed by atoms with van der Waals surface area (Å²) in [5.74, 6) is 0. The minimum absolute atomic E-state index is 0.00880. The Balaban J connectivity index is 2.49. The quantitative estimate of drug-likeness (QED) is 0.488. The summed E-state index contributed by atoms with van der Waals surface area (Å²) >= 11 is 0. The van der Waals surface area contributed by atoms with E-state index < -0.39 is 4.92 Å². The summed E-state index contributed by atoms with van der Waals surface area (Å²) in [5, 5.41) is 15.7. The van der Waals surface area contributed by atoms with Crippen molar-refractivity contribution in [2.45, 2.75) is 13.8 Å². The minimum atomic E-state index is -0.487. The van der Waals surface area contributed by atoms with Crippen molar-refractivity contribution >= 4 is 17.4 Å². The molecule has 0 aromatic heterocycles. The Morgan fingerprint density at radius 3 is 2.44 bits per heavy atom. The molecule has 1 aromatic rings. The van der Waals surface area contributed by atoms with E-state index in [2.05, 4.69) is 10.6 Å². The molecule has 0 heterocycles. The maximum absolute atomic E-state index is 11.4. The van der Waals surface area contributed by atoms with Crippen molar-refractivity contribution in [1.29, 1.82) is 0 Å². The first-order valence-electron chi connectivity index (χ1n) is 5.41. The predicted octanol–water partition coefficient (Wildman–Crippen LogP) is 2.68. The number of benzene rings is 1. The summed E-state index contributed by atoms with van der Waals surface area (Å²) in [5.41, 5.74) is 1.62. The number of non-ortho nitro benzene ring substituents is 1. The second-order valence-corrected chi connectivity index (χ2v) is 3.92. The van der Waals surface area contributed by atoms with Crippen molar-refractivity contribution in [2.24, 2.45) is 0 Å². The molecule has 0 aliphatic heterocycles. The van der Waals surface area contributed by atoms with Crippen molar-refractivity contribution in [3.63, 3.8) is 0 Å². The molecular formula is C12H15N3O3. The molecule has 2 N–H and O–H groups in total. The number of hydrogen-bond donors (Lipinski definition) is 2. The van der Waals surface area contributed by atoms with Crippen molar-refractivity contribution in [2.75, 3.05) is 11.9 Å². The maximum Gasteiger partial charge on any atom is 0.319 e. The van der Waals surface area contributed by atoms with Gasteiger partial charge in [0.15, 0.2) is 0 Å². The molecule has 0 saturated heterocycles. The minimum Gasteiger partial charge on any atom is -0.334 e. The second-order valence-electron chi connectivity index (χ2n) is 3.92. The lowest BCUT2D eigenvalue weighted by atomic mass is 10.3. The Hall–Kier alpha value is -2.37. The molecule has 1 aromatic carbocycles. The van der Waals surface area contributed by atoms with Gasteiger partial charge in [0, 0.05) is 24.4 Å². The van der Waals surface area contributed by atoms with Crippen LogP contribution in [0.1, 0.15) is 13.8 Å². The number of nitrogens with zero attached hydrogens (tertiary/aromatic N) is 1. The zero-order valence-electron chi connectivity index (χ0n) is 10.3. The average molecular weight is 249 g/mol. The smallest absolute Gasteiger partial charge is 0.319 e. The van der Waals surface area contributed by atoms with E-state index in [1.54, 1.807) is 0 Å². The summed E-state index contributed by atoms with van der Waals surface area (Å²) < 4.78 is 0. The molecule has 18 heavy (non-hydrogen) atoms. The summed E-state index contributed by atoms with van der Waals surface area (Å²) in [6.45, 7) is 4.33. The molecule has 96 valence electrons. The van der Waals surface area contributed by atoms with Gasteiger partial charge in [0.05, 0.1) is 4.92 Å². The van der Waals surface area contributed by atoms with Gasteiger partial charge in [-0.15, -0.1) is 0 Å². The number of urea groups is 1. The van der Waals surface area contributed by atoms with Crippen LogP contribution in [0.4, 0.5) is 16.2 Å². The van der Waals surface area contributed by atoms with Gasteiger partial charge in [-0.1, -0.05) is 11.6 Å². The van der Waals surface area contributed by atoms with Gasteiger partial charge in [-0.3, -0.25) is 10.1 Å². The van der Waals surface area contributed by atoms with E-state index in [1.165, 1.54) is 24.3 Å². The lowest BCUT2D eigenvalue weighted by Gasteiger charge is -2.05. The molecule has 0 unspecified atom stereocenters. The first-order chi connectivity index (χ1) is 8.49. The topological polar surface area (TPSA) is 84.3 Å². The van der Waals surface area contributed by atoms with Gasteiger partial charge in [0.2, 0.25) is 0 Å². The van der Waals surface area contributed by atoms with E-state index >= 15 is 0 Å². The number of carbonyl (C=O) groups is 1. The number of allylic oxidation sites excluding steroid dienone is 1. The third kappa shape index (κ3) is 4.65. The van der Waals surface area contributed by atoms with Crippen LogP contribution < -0.4 is 10.6 Å². The highest BCUT2D eigenvalue weighted by Crippen LogP contribution is 2.14. The highest BCUT2D eigenvalue weighted by molar-refractivity contribution is 5.89. The molecular weight excluding hydrogens is 234 g/mol. The highest BCUT2D eigenvalue weighted by atomic mass is 16.6. The summed E-state index contributed by atoms with van der Waals surface area (Å²) in [7, 11) is 0. The van der Waals surface area contributed by atoms with E-state index in [4.69, 9.17) is 0 Å². The molecule has 1 rings (SSSR count). The fourth-order valence-electron chi connectivity index (χ4n) is 1.19. The van der Waals surface area contributed by atoms with Gasteiger partial charge >= 0.3 is 6.03 Å². The molecule has 0 bridgehead atoms. The molecule has 6 heteroatoms. The number of amides is 2. The van der Waals surface area contributed by atoms with Crippen molar-refractivity contribution in [3.8, 4) is 0 Å². The van der Waals surface area contributed by atoms with Crippen LogP contribution in [0.5, 0.6) is 0 Å². The predicted molar refractivity (Wildman–Crippen MR) is 69.5 cm³/mol. The Labute approximate surface area is 105 Å². The second kappa shape index (κ2) is 6.39. The number of carbonyl (C=O) groups excluding carboxylic acids is 1. The molecule has 0 aliphatic carbocycles. The molecule has 0 fully saturated rings. The first kappa shape index (κ1) is 13.7. The fourth-order valence-corrected chi connectivity index (χ4v) is 1.19. The molecule has 0 spiro atoms. The number of rotatable bonds is 4. The zero-order chi connectivity index (χ0) is 13.5. The Morgan fingerprint density at radius 2 is 1.94 bits per heavy atom. The number of nitro groups is 1. The van der Waals surface area contributed by atoms with Crippen LogP contribution >= 0.6 is 0 Å². The molecule has 0 saturated carbocycles. The SMILES string of the molecule is CC(C)=CCNC(=O)Nc1ccc([N+](=O)[O-])cc1. The van der Waals surface area contributed by atoms with Crippen LogP contribution in [0, 0.1) is 10.1 Å².